The zero-order valence-corrected chi connectivity index (χ0v) is 10.4. The van der Waals surface area contributed by atoms with Gasteiger partial charge in [-0.1, -0.05) is 49.1 Å². The van der Waals surface area contributed by atoms with E-state index in [-0.39, 0.29) is 0 Å². The maximum Gasteiger partial charge on any atom is 0.0662 e. The van der Waals surface area contributed by atoms with Crippen molar-refractivity contribution >= 4 is 0 Å². The van der Waals surface area contributed by atoms with Gasteiger partial charge in [-0.15, -0.1) is 0 Å². The van der Waals surface area contributed by atoms with Gasteiger partial charge in [0.1, 0.15) is 0 Å². The molecule has 16 heavy (non-hydrogen) atoms. The standard InChI is InChI=1S/C15H22O/c1-12-6-8-14(9-7-12)11-15(2,16)10-13-4-3-5-13/h6-9,13,16H,3-5,10-11H2,1-2H3. The highest BCUT2D eigenvalue weighted by Gasteiger charge is 2.28. The van der Waals surface area contributed by atoms with Crippen LogP contribution in [-0.4, -0.2) is 10.7 Å². The number of hydrogen-bond donors (Lipinski definition) is 1. The fraction of sp³-hybridized carbons (Fsp3) is 0.600. The summed E-state index contributed by atoms with van der Waals surface area (Å²) in [5, 5.41) is 10.4. The van der Waals surface area contributed by atoms with Crippen molar-refractivity contribution in [1.82, 2.24) is 0 Å². The SMILES string of the molecule is Cc1ccc(CC(C)(O)CC2CCC2)cc1. The monoisotopic (exact) mass is 218 g/mol. The summed E-state index contributed by atoms with van der Waals surface area (Å²) in [6.45, 7) is 4.07. The van der Waals surface area contributed by atoms with Crippen molar-refractivity contribution in [3.63, 3.8) is 0 Å². The highest BCUT2D eigenvalue weighted by atomic mass is 16.3. The Labute approximate surface area is 98.5 Å². The van der Waals surface area contributed by atoms with Crippen molar-refractivity contribution in [3.05, 3.63) is 35.4 Å². The van der Waals surface area contributed by atoms with E-state index in [0.29, 0.717) is 0 Å². The van der Waals surface area contributed by atoms with Crippen LogP contribution in [0.15, 0.2) is 24.3 Å². The van der Waals surface area contributed by atoms with E-state index in [9.17, 15) is 5.11 Å². The second kappa shape index (κ2) is 4.58. The summed E-state index contributed by atoms with van der Waals surface area (Å²) < 4.78 is 0. The summed E-state index contributed by atoms with van der Waals surface area (Å²) >= 11 is 0. The maximum absolute atomic E-state index is 10.4. The normalized spacial score (nSPS) is 20.2. The Balaban J connectivity index is 1.93. The minimum absolute atomic E-state index is 0.527. The third-order valence-corrected chi connectivity index (χ3v) is 3.66. The first kappa shape index (κ1) is 11.7. The van der Waals surface area contributed by atoms with E-state index in [0.717, 1.165) is 18.8 Å². The van der Waals surface area contributed by atoms with Gasteiger partial charge < -0.3 is 5.11 Å². The van der Waals surface area contributed by atoms with E-state index in [1.807, 2.05) is 6.92 Å². The second-order valence-electron chi connectivity index (χ2n) is 5.66. The quantitative estimate of drug-likeness (QED) is 0.820. The highest BCUT2D eigenvalue weighted by Crippen LogP contribution is 2.34. The van der Waals surface area contributed by atoms with E-state index >= 15 is 0 Å². The van der Waals surface area contributed by atoms with Crippen molar-refractivity contribution in [2.24, 2.45) is 5.92 Å². The summed E-state index contributed by atoms with van der Waals surface area (Å²) in [5.41, 5.74) is 2.00. The van der Waals surface area contributed by atoms with E-state index in [4.69, 9.17) is 0 Å². The van der Waals surface area contributed by atoms with E-state index in [2.05, 4.69) is 31.2 Å². The molecule has 1 nitrogen and oxygen atoms in total. The molecule has 1 heteroatoms. The van der Waals surface area contributed by atoms with Gasteiger partial charge >= 0.3 is 0 Å². The molecule has 1 aliphatic carbocycles. The maximum atomic E-state index is 10.4. The number of rotatable bonds is 4. The molecule has 1 fully saturated rings. The molecule has 1 aromatic rings. The van der Waals surface area contributed by atoms with Crippen LogP contribution >= 0.6 is 0 Å². The minimum Gasteiger partial charge on any atom is -0.390 e. The van der Waals surface area contributed by atoms with Crippen LogP contribution in [0.4, 0.5) is 0 Å². The number of benzene rings is 1. The van der Waals surface area contributed by atoms with Gasteiger partial charge in [-0.2, -0.15) is 0 Å². The molecule has 1 saturated carbocycles. The average molecular weight is 218 g/mol. The van der Waals surface area contributed by atoms with Gasteiger partial charge in [0.2, 0.25) is 0 Å². The smallest absolute Gasteiger partial charge is 0.0662 e. The fourth-order valence-corrected chi connectivity index (χ4v) is 2.54. The largest absolute Gasteiger partial charge is 0.390 e. The van der Waals surface area contributed by atoms with Crippen LogP contribution in [0.5, 0.6) is 0 Å². The first-order valence-electron chi connectivity index (χ1n) is 6.33. The summed E-state index contributed by atoms with van der Waals surface area (Å²) in [6, 6.07) is 8.50. The van der Waals surface area contributed by atoms with Crippen LogP contribution < -0.4 is 0 Å². The zero-order valence-electron chi connectivity index (χ0n) is 10.4. The molecule has 1 aromatic carbocycles. The predicted molar refractivity (Wildman–Crippen MR) is 67.5 cm³/mol. The topological polar surface area (TPSA) is 20.2 Å². The van der Waals surface area contributed by atoms with Gasteiger partial charge in [-0.3, -0.25) is 0 Å². The fourth-order valence-electron chi connectivity index (χ4n) is 2.54. The number of aryl methyl sites for hydroxylation is 1. The van der Waals surface area contributed by atoms with Crippen molar-refractivity contribution < 1.29 is 5.11 Å². The van der Waals surface area contributed by atoms with Gasteiger partial charge in [0, 0.05) is 6.42 Å². The lowest BCUT2D eigenvalue weighted by molar-refractivity contribution is 0.0204. The molecule has 1 aliphatic rings. The molecule has 0 radical (unpaired) electrons. The Morgan fingerprint density at radius 2 is 1.88 bits per heavy atom. The molecule has 88 valence electrons. The molecule has 0 aliphatic heterocycles. The third-order valence-electron chi connectivity index (χ3n) is 3.66. The lowest BCUT2D eigenvalue weighted by Crippen LogP contribution is -2.32. The minimum atomic E-state index is -0.527. The molecule has 1 N–H and O–H groups in total. The van der Waals surface area contributed by atoms with Crippen LogP contribution in [-0.2, 0) is 6.42 Å². The Kier molecular flexibility index (Phi) is 3.34. The van der Waals surface area contributed by atoms with Crippen molar-refractivity contribution in [1.29, 1.82) is 0 Å². The Bertz CT molecular complexity index is 333. The number of aliphatic hydroxyl groups is 1. The molecule has 1 atom stereocenters. The first-order chi connectivity index (χ1) is 7.55. The lowest BCUT2D eigenvalue weighted by Gasteiger charge is -2.33. The third kappa shape index (κ3) is 3.08. The average Bonchev–Trinajstić information content (AvgIpc) is 2.16. The molecule has 0 spiro atoms. The molecule has 0 amide bonds. The van der Waals surface area contributed by atoms with E-state index in [1.165, 1.54) is 30.4 Å². The Morgan fingerprint density at radius 1 is 1.25 bits per heavy atom. The summed E-state index contributed by atoms with van der Waals surface area (Å²) in [7, 11) is 0. The van der Waals surface area contributed by atoms with Gasteiger partial charge in [0.05, 0.1) is 5.60 Å². The zero-order chi connectivity index (χ0) is 11.6. The molecular formula is C15H22O. The Hall–Kier alpha value is -0.820. The number of hydrogen-bond acceptors (Lipinski definition) is 1. The predicted octanol–water partition coefficient (Wildman–Crippen LogP) is 3.48. The van der Waals surface area contributed by atoms with Gasteiger partial charge in [-0.25, -0.2) is 0 Å². The van der Waals surface area contributed by atoms with Gasteiger partial charge in [0.15, 0.2) is 0 Å². The van der Waals surface area contributed by atoms with Crippen LogP contribution in [0.2, 0.25) is 0 Å². The van der Waals surface area contributed by atoms with E-state index < -0.39 is 5.60 Å². The van der Waals surface area contributed by atoms with Crippen LogP contribution in [0, 0.1) is 12.8 Å². The highest BCUT2D eigenvalue weighted by molar-refractivity contribution is 5.22. The molecule has 2 rings (SSSR count). The molecule has 0 saturated heterocycles. The Morgan fingerprint density at radius 3 is 2.38 bits per heavy atom. The van der Waals surface area contributed by atoms with E-state index in [1.54, 1.807) is 0 Å². The van der Waals surface area contributed by atoms with Gasteiger partial charge in [0.25, 0.3) is 0 Å². The molecular weight excluding hydrogens is 196 g/mol. The molecule has 0 aromatic heterocycles. The molecule has 0 heterocycles. The van der Waals surface area contributed by atoms with Crippen molar-refractivity contribution in [3.8, 4) is 0 Å². The first-order valence-corrected chi connectivity index (χ1v) is 6.33. The lowest BCUT2D eigenvalue weighted by atomic mass is 9.76. The molecule has 0 bridgehead atoms. The van der Waals surface area contributed by atoms with Crippen molar-refractivity contribution in [2.45, 2.75) is 51.6 Å². The molecule has 1 unspecified atom stereocenters. The summed E-state index contributed by atoms with van der Waals surface area (Å²) in [5.74, 6) is 0.764. The van der Waals surface area contributed by atoms with Crippen molar-refractivity contribution in [2.75, 3.05) is 0 Å². The summed E-state index contributed by atoms with van der Waals surface area (Å²) in [4.78, 5) is 0. The van der Waals surface area contributed by atoms with Crippen LogP contribution in [0.3, 0.4) is 0 Å². The van der Waals surface area contributed by atoms with Crippen LogP contribution in [0.1, 0.15) is 43.7 Å². The second-order valence-corrected chi connectivity index (χ2v) is 5.66. The van der Waals surface area contributed by atoms with Gasteiger partial charge in [-0.05, 0) is 31.7 Å². The van der Waals surface area contributed by atoms with Crippen LogP contribution in [0.25, 0.3) is 0 Å². The summed E-state index contributed by atoms with van der Waals surface area (Å²) in [6.07, 6.45) is 5.71.